The second kappa shape index (κ2) is 3.58. The van der Waals surface area contributed by atoms with Crippen LogP contribution in [0, 0.1) is 0 Å². The third kappa shape index (κ3) is 1.54. The summed E-state index contributed by atoms with van der Waals surface area (Å²) < 4.78 is 2.82. The molecule has 0 amide bonds. The fourth-order valence-electron chi connectivity index (χ4n) is 1.17. The summed E-state index contributed by atoms with van der Waals surface area (Å²) in [7, 11) is 1.94. The fraction of sp³-hybridized carbons (Fsp3) is 0.625. The summed E-state index contributed by atoms with van der Waals surface area (Å²) in [6.45, 7) is 4.15. The van der Waals surface area contributed by atoms with E-state index in [0.717, 1.165) is 10.4 Å². The fourth-order valence-corrected chi connectivity index (χ4v) is 1.57. The Balaban J connectivity index is 3.16. The summed E-state index contributed by atoms with van der Waals surface area (Å²) in [5.74, 6) is 1.37. The zero-order valence-electron chi connectivity index (χ0n) is 7.50. The van der Waals surface area contributed by atoms with Gasteiger partial charge >= 0.3 is 0 Å². The number of aliphatic hydroxyl groups excluding tert-OH is 1. The Labute approximate surface area is 80.6 Å². The summed E-state index contributed by atoms with van der Waals surface area (Å²) in [6, 6.07) is 0. The average molecular weight is 233 g/mol. The molecule has 0 aliphatic carbocycles. The first kappa shape index (κ1) is 9.74. The smallest absolute Gasteiger partial charge is 0.112 e. The van der Waals surface area contributed by atoms with Gasteiger partial charge in [-0.2, -0.15) is 0 Å². The molecule has 0 aromatic carbocycles. The van der Waals surface area contributed by atoms with Crippen LogP contribution in [0.1, 0.15) is 31.3 Å². The van der Waals surface area contributed by atoms with Gasteiger partial charge in [-0.15, -0.1) is 0 Å². The Morgan fingerprint density at radius 3 is 2.42 bits per heavy atom. The number of nitrogens with zero attached hydrogens (tertiary/aromatic N) is 2. The summed E-state index contributed by atoms with van der Waals surface area (Å²) >= 11 is 3.37. The lowest BCUT2D eigenvalue weighted by Crippen LogP contribution is -1.99. The van der Waals surface area contributed by atoms with Crippen LogP contribution in [0.25, 0.3) is 0 Å². The normalized spacial score (nSPS) is 11.2. The van der Waals surface area contributed by atoms with E-state index in [1.807, 2.05) is 11.6 Å². The second-order valence-corrected chi connectivity index (χ2v) is 3.83. The van der Waals surface area contributed by atoms with E-state index in [0.29, 0.717) is 11.6 Å². The molecule has 1 aromatic heterocycles. The van der Waals surface area contributed by atoms with Crippen molar-refractivity contribution in [3.63, 3.8) is 0 Å². The molecule has 0 atom stereocenters. The summed E-state index contributed by atoms with van der Waals surface area (Å²) in [4.78, 5) is 4.29. The molecule has 1 N–H and O–H groups in total. The van der Waals surface area contributed by atoms with Gasteiger partial charge in [0.1, 0.15) is 10.4 Å². The van der Waals surface area contributed by atoms with Crippen molar-refractivity contribution in [1.29, 1.82) is 0 Å². The lowest BCUT2D eigenvalue weighted by Gasteiger charge is -2.04. The Kier molecular flexibility index (Phi) is 2.90. The van der Waals surface area contributed by atoms with Crippen LogP contribution in [0.5, 0.6) is 0 Å². The lowest BCUT2D eigenvalue weighted by molar-refractivity contribution is 0.276. The molecule has 1 rings (SSSR count). The zero-order chi connectivity index (χ0) is 9.30. The Morgan fingerprint density at radius 1 is 1.58 bits per heavy atom. The molecule has 3 nitrogen and oxygen atoms in total. The molecular weight excluding hydrogens is 220 g/mol. The van der Waals surface area contributed by atoms with Gasteiger partial charge in [0.05, 0.1) is 12.3 Å². The summed E-state index contributed by atoms with van der Waals surface area (Å²) in [5, 5.41) is 8.93. The van der Waals surface area contributed by atoms with Crippen LogP contribution in [-0.4, -0.2) is 14.7 Å². The molecule has 0 saturated carbocycles. The van der Waals surface area contributed by atoms with Gasteiger partial charge in [-0.05, 0) is 15.9 Å². The van der Waals surface area contributed by atoms with E-state index in [9.17, 15) is 0 Å². The highest BCUT2D eigenvalue weighted by Gasteiger charge is 2.13. The van der Waals surface area contributed by atoms with Crippen LogP contribution in [0.4, 0.5) is 0 Å². The molecule has 68 valence electrons. The SMILES string of the molecule is CC(C)c1nc(CO)c(Br)n1C. The zero-order valence-corrected chi connectivity index (χ0v) is 9.09. The Morgan fingerprint density at radius 2 is 2.17 bits per heavy atom. The van der Waals surface area contributed by atoms with Gasteiger partial charge in [0.25, 0.3) is 0 Å². The molecular formula is C8H13BrN2O. The maximum Gasteiger partial charge on any atom is 0.112 e. The number of hydrogen-bond acceptors (Lipinski definition) is 2. The van der Waals surface area contributed by atoms with E-state index in [1.54, 1.807) is 0 Å². The largest absolute Gasteiger partial charge is 0.390 e. The number of rotatable bonds is 2. The first-order chi connectivity index (χ1) is 5.57. The van der Waals surface area contributed by atoms with E-state index in [4.69, 9.17) is 5.11 Å². The highest BCUT2D eigenvalue weighted by atomic mass is 79.9. The number of hydrogen-bond donors (Lipinski definition) is 1. The van der Waals surface area contributed by atoms with Crippen molar-refractivity contribution in [2.45, 2.75) is 26.4 Å². The van der Waals surface area contributed by atoms with Crippen LogP contribution in [-0.2, 0) is 13.7 Å². The molecule has 0 fully saturated rings. The molecule has 1 heterocycles. The number of halogens is 1. The highest BCUT2D eigenvalue weighted by molar-refractivity contribution is 9.10. The van der Waals surface area contributed by atoms with Crippen molar-refractivity contribution in [1.82, 2.24) is 9.55 Å². The Hall–Kier alpha value is -0.350. The molecule has 12 heavy (non-hydrogen) atoms. The molecule has 0 aliphatic heterocycles. The molecule has 0 bridgehead atoms. The number of aromatic nitrogens is 2. The van der Waals surface area contributed by atoms with E-state index < -0.39 is 0 Å². The molecule has 0 saturated heterocycles. The van der Waals surface area contributed by atoms with E-state index >= 15 is 0 Å². The van der Waals surface area contributed by atoms with Gasteiger partial charge in [-0.25, -0.2) is 4.98 Å². The van der Waals surface area contributed by atoms with Crippen molar-refractivity contribution in [3.05, 3.63) is 16.1 Å². The first-order valence-corrected chi connectivity index (χ1v) is 4.69. The van der Waals surface area contributed by atoms with Crippen LogP contribution in [0.2, 0.25) is 0 Å². The predicted molar refractivity (Wildman–Crippen MR) is 50.9 cm³/mol. The number of aliphatic hydroxyl groups is 1. The minimum absolute atomic E-state index is 0.0128. The van der Waals surface area contributed by atoms with Crippen molar-refractivity contribution >= 4 is 15.9 Å². The molecule has 1 aromatic rings. The second-order valence-electron chi connectivity index (χ2n) is 3.08. The van der Waals surface area contributed by atoms with Gasteiger partial charge in [0, 0.05) is 13.0 Å². The monoisotopic (exact) mass is 232 g/mol. The van der Waals surface area contributed by atoms with Crippen molar-refractivity contribution in [3.8, 4) is 0 Å². The van der Waals surface area contributed by atoms with Crippen molar-refractivity contribution < 1.29 is 5.11 Å². The summed E-state index contributed by atoms with van der Waals surface area (Å²) in [6.07, 6.45) is 0. The minimum atomic E-state index is -0.0128. The summed E-state index contributed by atoms with van der Waals surface area (Å²) in [5.41, 5.74) is 0.709. The van der Waals surface area contributed by atoms with E-state index in [2.05, 4.69) is 34.8 Å². The maximum atomic E-state index is 8.93. The first-order valence-electron chi connectivity index (χ1n) is 3.89. The number of imidazole rings is 1. The quantitative estimate of drug-likeness (QED) is 0.845. The van der Waals surface area contributed by atoms with E-state index in [-0.39, 0.29) is 6.61 Å². The topological polar surface area (TPSA) is 38.1 Å². The van der Waals surface area contributed by atoms with Crippen LogP contribution in [0.3, 0.4) is 0 Å². The molecule has 0 aliphatic rings. The van der Waals surface area contributed by atoms with Crippen LogP contribution in [0.15, 0.2) is 4.60 Å². The maximum absolute atomic E-state index is 8.93. The van der Waals surface area contributed by atoms with Crippen LogP contribution >= 0.6 is 15.9 Å². The van der Waals surface area contributed by atoms with Gasteiger partial charge < -0.3 is 9.67 Å². The highest BCUT2D eigenvalue weighted by Crippen LogP contribution is 2.21. The predicted octanol–water partition coefficient (Wildman–Crippen LogP) is 1.80. The van der Waals surface area contributed by atoms with E-state index in [1.165, 1.54) is 0 Å². The molecule has 0 unspecified atom stereocenters. The third-order valence-electron chi connectivity index (χ3n) is 1.79. The molecule has 0 radical (unpaired) electrons. The third-order valence-corrected chi connectivity index (χ3v) is 2.78. The standard InChI is InChI=1S/C8H13BrN2O/c1-5(2)8-10-6(4-12)7(9)11(8)3/h5,12H,4H2,1-3H3. The molecule has 0 spiro atoms. The Bertz CT molecular complexity index is 281. The minimum Gasteiger partial charge on any atom is -0.390 e. The molecule has 4 heteroatoms. The van der Waals surface area contributed by atoms with Crippen LogP contribution < -0.4 is 0 Å². The van der Waals surface area contributed by atoms with Crippen molar-refractivity contribution in [2.24, 2.45) is 7.05 Å². The van der Waals surface area contributed by atoms with Gasteiger partial charge in [-0.1, -0.05) is 13.8 Å². The van der Waals surface area contributed by atoms with Crippen molar-refractivity contribution in [2.75, 3.05) is 0 Å². The van der Waals surface area contributed by atoms with Gasteiger partial charge in [-0.3, -0.25) is 0 Å². The average Bonchev–Trinajstić information content (AvgIpc) is 2.30. The lowest BCUT2D eigenvalue weighted by atomic mass is 10.2. The van der Waals surface area contributed by atoms with Gasteiger partial charge in [0.2, 0.25) is 0 Å². The van der Waals surface area contributed by atoms with Gasteiger partial charge in [0.15, 0.2) is 0 Å².